The van der Waals surface area contributed by atoms with Gasteiger partial charge in [0.05, 0.1) is 11.1 Å². The lowest BCUT2D eigenvalue weighted by Crippen LogP contribution is -2.54. The Bertz CT molecular complexity index is 718. The van der Waals surface area contributed by atoms with Crippen molar-refractivity contribution in [2.45, 2.75) is 25.8 Å². The molecule has 0 bridgehead atoms. The second-order valence-corrected chi connectivity index (χ2v) is 6.34. The molecule has 0 fully saturated rings. The minimum Gasteiger partial charge on any atom is -0.480 e. The Morgan fingerprint density at radius 2 is 1.87 bits per heavy atom. The van der Waals surface area contributed by atoms with Crippen LogP contribution in [-0.2, 0) is 9.59 Å². The fourth-order valence-corrected chi connectivity index (χ4v) is 2.55. The number of halogens is 1. The first-order chi connectivity index (χ1) is 10.7. The molecule has 0 saturated heterocycles. The molecule has 7 nitrogen and oxygen atoms in total. The summed E-state index contributed by atoms with van der Waals surface area (Å²) in [6.07, 6.45) is 0.170. The maximum Gasteiger partial charge on any atom is 0.329 e. The molecule has 1 aromatic rings. The number of carbonyl (C=O) groups is 4. The summed E-state index contributed by atoms with van der Waals surface area (Å²) in [5.74, 6) is -3.03. The lowest BCUT2D eigenvalue weighted by molar-refractivity contribution is -0.147. The highest BCUT2D eigenvalue weighted by Crippen LogP contribution is 2.25. The number of carboxylic acid groups (broad SMARTS) is 1. The third-order valence-corrected chi connectivity index (χ3v) is 4.32. The average Bonchev–Trinajstić information content (AvgIpc) is 2.71. The highest BCUT2D eigenvalue weighted by atomic mass is 79.9. The van der Waals surface area contributed by atoms with E-state index in [1.807, 2.05) is 0 Å². The normalized spacial score (nSPS) is 16.0. The largest absolute Gasteiger partial charge is 0.480 e. The summed E-state index contributed by atoms with van der Waals surface area (Å²) in [6, 6.07) is 4.65. The van der Waals surface area contributed by atoms with Gasteiger partial charge in [-0.3, -0.25) is 19.3 Å². The summed E-state index contributed by atoms with van der Waals surface area (Å²) in [4.78, 5) is 48.5. The number of nitrogens with one attached hydrogen (secondary N) is 1. The molecule has 0 aliphatic carbocycles. The van der Waals surface area contributed by atoms with Gasteiger partial charge in [-0.25, -0.2) is 4.79 Å². The monoisotopic (exact) mass is 382 g/mol. The van der Waals surface area contributed by atoms with Crippen molar-refractivity contribution in [3.8, 4) is 0 Å². The van der Waals surface area contributed by atoms with E-state index in [-0.39, 0.29) is 17.5 Å². The van der Waals surface area contributed by atoms with Crippen molar-refractivity contribution < 1.29 is 24.3 Å². The van der Waals surface area contributed by atoms with Crippen molar-refractivity contribution in [1.82, 2.24) is 10.2 Å². The molecule has 0 aromatic heterocycles. The fourth-order valence-electron chi connectivity index (χ4n) is 2.19. The number of benzene rings is 1. The predicted molar refractivity (Wildman–Crippen MR) is 84.0 cm³/mol. The number of imide groups is 1. The average molecular weight is 383 g/mol. The summed E-state index contributed by atoms with van der Waals surface area (Å²) < 4.78 is 0.646. The zero-order valence-corrected chi connectivity index (χ0v) is 14.1. The van der Waals surface area contributed by atoms with E-state index < -0.39 is 35.8 Å². The second kappa shape index (κ2) is 6.11. The van der Waals surface area contributed by atoms with E-state index in [1.54, 1.807) is 13.0 Å². The zero-order valence-electron chi connectivity index (χ0n) is 12.6. The lowest BCUT2D eigenvalue weighted by atomic mass is 9.99. The maximum atomic E-state index is 12.3. The van der Waals surface area contributed by atoms with Gasteiger partial charge in [0.2, 0.25) is 5.91 Å². The Labute approximate surface area is 140 Å². The minimum atomic E-state index is -1.45. The minimum absolute atomic E-state index is 0.170. The standard InChI is InChI=1S/C15H15BrN2O5/c1-3-15(2,14(22)23)17-11(19)7-18-12(20)9-5-4-8(16)6-10(9)13(18)21/h4-6H,3,7H2,1-2H3,(H,17,19)(H,22,23). The van der Waals surface area contributed by atoms with Crippen LogP contribution in [0.5, 0.6) is 0 Å². The van der Waals surface area contributed by atoms with Gasteiger partial charge in [0.15, 0.2) is 0 Å². The molecule has 2 N–H and O–H groups in total. The molecule has 2 rings (SSSR count). The highest BCUT2D eigenvalue weighted by Gasteiger charge is 2.39. The van der Waals surface area contributed by atoms with Gasteiger partial charge in [0, 0.05) is 4.47 Å². The number of carboxylic acids is 1. The molecule has 0 spiro atoms. The number of carbonyl (C=O) groups excluding carboxylic acids is 3. The number of hydrogen-bond donors (Lipinski definition) is 2. The zero-order chi connectivity index (χ0) is 17.4. The van der Waals surface area contributed by atoms with Crippen LogP contribution in [0, 0.1) is 0 Å². The third kappa shape index (κ3) is 3.12. The van der Waals surface area contributed by atoms with Crippen LogP contribution in [0.2, 0.25) is 0 Å². The topological polar surface area (TPSA) is 104 Å². The van der Waals surface area contributed by atoms with Crippen LogP contribution in [-0.4, -0.2) is 45.8 Å². The molecule has 8 heteroatoms. The number of fused-ring (bicyclic) bond motifs is 1. The van der Waals surface area contributed by atoms with Crippen molar-refractivity contribution in [1.29, 1.82) is 0 Å². The smallest absolute Gasteiger partial charge is 0.329 e. The van der Waals surface area contributed by atoms with Gasteiger partial charge in [-0.05, 0) is 31.5 Å². The van der Waals surface area contributed by atoms with Crippen LogP contribution in [0.15, 0.2) is 22.7 Å². The predicted octanol–water partition coefficient (Wildman–Crippen LogP) is 1.41. The van der Waals surface area contributed by atoms with Gasteiger partial charge in [-0.15, -0.1) is 0 Å². The molecular formula is C15H15BrN2O5. The van der Waals surface area contributed by atoms with Crippen LogP contribution < -0.4 is 5.32 Å². The van der Waals surface area contributed by atoms with Gasteiger partial charge in [0.25, 0.3) is 11.8 Å². The fraction of sp³-hybridized carbons (Fsp3) is 0.333. The van der Waals surface area contributed by atoms with E-state index in [0.717, 1.165) is 4.90 Å². The summed E-state index contributed by atoms with van der Waals surface area (Å²) in [5.41, 5.74) is -1.00. The number of aliphatic carboxylic acids is 1. The Balaban J connectivity index is 2.16. The number of rotatable bonds is 5. The highest BCUT2D eigenvalue weighted by molar-refractivity contribution is 9.10. The third-order valence-electron chi connectivity index (χ3n) is 3.83. The van der Waals surface area contributed by atoms with Gasteiger partial charge in [-0.1, -0.05) is 22.9 Å². The molecule has 3 amide bonds. The van der Waals surface area contributed by atoms with E-state index in [1.165, 1.54) is 19.1 Å². The SMILES string of the molecule is CCC(C)(NC(=O)CN1C(=O)c2ccc(Br)cc2C1=O)C(=O)O. The van der Waals surface area contributed by atoms with Gasteiger partial charge >= 0.3 is 5.97 Å². The Morgan fingerprint density at radius 3 is 2.43 bits per heavy atom. The van der Waals surface area contributed by atoms with Crippen molar-refractivity contribution in [2.24, 2.45) is 0 Å². The van der Waals surface area contributed by atoms with Gasteiger partial charge in [-0.2, -0.15) is 0 Å². The number of nitrogens with zero attached hydrogens (tertiary/aromatic N) is 1. The van der Waals surface area contributed by atoms with Crippen molar-refractivity contribution >= 4 is 39.6 Å². The summed E-state index contributed by atoms with van der Waals surface area (Å²) in [6.45, 7) is 2.47. The lowest BCUT2D eigenvalue weighted by Gasteiger charge is -2.25. The number of hydrogen-bond acceptors (Lipinski definition) is 4. The van der Waals surface area contributed by atoms with Crippen LogP contribution >= 0.6 is 15.9 Å². The Kier molecular flexibility index (Phi) is 4.56. The molecule has 23 heavy (non-hydrogen) atoms. The molecule has 1 heterocycles. The summed E-state index contributed by atoms with van der Waals surface area (Å²) >= 11 is 3.22. The van der Waals surface area contributed by atoms with Crippen molar-refractivity contribution in [3.05, 3.63) is 33.8 Å². The van der Waals surface area contributed by atoms with E-state index in [0.29, 0.717) is 4.47 Å². The molecule has 122 valence electrons. The Hall–Kier alpha value is -2.22. The molecule has 0 radical (unpaired) electrons. The first-order valence-corrected chi connectivity index (χ1v) is 7.69. The number of amides is 3. The maximum absolute atomic E-state index is 12.3. The van der Waals surface area contributed by atoms with Crippen molar-refractivity contribution in [3.63, 3.8) is 0 Å². The van der Waals surface area contributed by atoms with Crippen molar-refractivity contribution in [2.75, 3.05) is 6.54 Å². The molecule has 1 aliphatic heterocycles. The molecule has 0 saturated carbocycles. The second-order valence-electron chi connectivity index (χ2n) is 5.43. The van der Waals surface area contributed by atoms with E-state index >= 15 is 0 Å². The van der Waals surface area contributed by atoms with E-state index in [4.69, 9.17) is 5.11 Å². The van der Waals surface area contributed by atoms with Crippen LogP contribution in [0.3, 0.4) is 0 Å². The summed E-state index contributed by atoms with van der Waals surface area (Å²) in [5, 5.41) is 11.5. The van der Waals surface area contributed by atoms with Crippen LogP contribution in [0.25, 0.3) is 0 Å². The molecule has 1 atom stereocenters. The van der Waals surface area contributed by atoms with Gasteiger partial charge < -0.3 is 10.4 Å². The quantitative estimate of drug-likeness (QED) is 0.749. The van der Waals surface area contributed by atoms with Crippen LogP contribution in [0.4, 0.5) is 0 Å². The summed E-state index contributed by atoms with van der Waals surface area (Å²) in [7, 11) is 0. The Morgan fingerprint density at radius 1 is 1.26 bits per heavy atom. The first kappa shape index (κ1) is 17.1. The first-order valence-electron chi connectivity index (χ1n) is 6.89. The molecule has 1 aromatic carbocycles. The molecule has 1 aliphatic rings. The molecule has 1 unspecified atom stereocenters. The molecular weight excluding hydrogens is 368 g/mol. The van der Waals surface area contributed by atoms with Gasteiger partial charge in [0.1, 0.15) is 12.1 Å². The van der Waals surface area contributed by atoms with E-state index in [2.05, 4.69) is 21.2 Å². The van der Waals surface area contributed by atoms with E-state index in [9.17, 15) is 19.2 Å². The van der Waals surface area contributed by atoms with Crippen LogP contribution in [0.1, 0.15) is 41.0 Å².